The Balaban J connectivity index is -0.00000161. The largest absolute Gasteiger partial charge is 1.00 e. The molecule has 0 bridgehead atoms. The van der Waals surface area contributed by atoms with Crippen molar-refractivity contribution in [3.05, 3.63) is 0 Å². The van der Waals surface area contributed by atoms with Crippen LogP contribution in [0.4, 0.5) is 0 Å². The number of rotatable bonds is 8. The SMILES string of the molecule is O=C([O-])CNC(=O)C1(N[C@@H](CC(=O)[O-])C(=O)[O-])CCCCC1.[Na+].[Na+].[Na+]. The summed E-state index contributed by atoms with van der Waals surface area (Å²) in [4.78, 5) is 44.3. The van der Waals surface area contributed by atoms with Crippen LogP contribution in [0.5, 0.6) is 0 Å². The molecule has 1 rings (SSSR count). The van der Waals surface area contributed by atoms with Crippen molar-refractivity contribution in [2.75, 3.05) is 6.54 Å². The summed E-state index contributed by atoms with van der Waals surface area (Å²) in [5, 5.41) is 36.8. The van der Waals surface area contributed by atoms with Crippen molar-refractivity contribution in [2.45, 2.75) is 50.1 Å². The average Bonchev–Trinajstić information content (AvgIpc) is 2.44. The van der Waals surface area contributed by atoms with Crippen molar-refractivity contribution in [3.63, 3.8) is 0 Å². The molecule has 1 atom stereocenters. The van der Waals surface area contributed by atoms with E-state index in [0.717, 1.165) is 6.42 Å². The Kier molecular flexibility index (Phi) is 18.1. The Morgan fingerprint density at radius 1 is 0.880 bits per heavy atom. The summed E-state index contributed by atoms with van der Waals surface area (Å²) < 4.78 is 0. The van der Waals surface area contributed by atoms with Gasteiger partial charge in [0.1, 0.15) is 0 Å². The molecule has 0 radical (unpaired) electrons. The molecule has 1 fully saturated rings. The van der Waals surface area contributed by atoms with Crippen molar-refractivity contribution >= 4 is 23.8 Å². The number of carboxylic acids is 3. The van der Waals surface area contributed by atoms with E-state index in [9.17, 15) is 34.5 Å². The van der Waals surface area contributed by atoms with Crippen molar-refractivity contribution in [2.24, 2.45) is 0 Å². The molecule has 25 heavy (non-hydrogen) atoms. The van der Waals surface area contributed by atoms with E-state index >= 15 is 0 Å². The fourth-order valence-corrected chi connectivity index (χ4v) is 2.61. The summed E-state index contributed by atoms with van der Waals surface area (Å²) >= 11 is 0. The Bertz CT molecular complexity index is 471. The second kappa shape index (κ2) is 14.8. The van der Waals surface area contributed by atoms with Gasteiger partial charge in [0.2, 0.25) is 5.91 Å². The molecular formula is C13H17N2Na3O7. The Labute approximate surface area is 211 Å². The third kappa shape index (κ3) is 10.7. The first-order chi connectivity index (χ1) is 10.3. The molecule has 0 unspecified atom stereocenters. The summed E-state index contributed by atoms with van der Waals surface area (Å²) in [6.07, 6.45) is 1.77. The van der Waals surface area contributed by atoms with E-state index in [1.807, 2.05) is 0 Å². The Morgan fingerprint density at radius 3 is 1.80 bits per heavy atom. The third-order valence-corrected chi connectivity index (χ3v) is 3.64. The van der Waals surface area contributed by atoms with E-state index in [2.05, 4.69) is 10.6 Å². The Morgan fingerprint density at radius 2 is 1.40 bits per heavy atom. The topological polar surface area (TPSA) is 162 Å². The van der Waals surface area contributed by atoms with Crippen molar-refractivity contribution in [3.8, 4) is 0 Å². The van der Waals surface area contributed by atoms with Crippen LogP contribution in [0.3, 0.4) is 0 Å². The van der Waals surface area contributed by atoms with E-state index in [1.165, 1.54) is 0 Å². The van der Waals surface area contributed by atoms with Crippen LogP contribution in [-0.4, -0.2) is 41.9 Å². The molecule has 1 aliphatic carbocycles. The number of nitrogens with one attached hydrogen (secondary N) is 2. The quantitative estimate of drug-likeness (QED) is 0.391. The summed E-state index contributed by atoms with van der Waals surface area (Å²) in [5.74, 6) is -5.43. The van der Waals surface area contributed by atoms with Crippen LogP contribution in [0.1, 0.15) is 38.5 Å². The monoisotopic (exact) mass is 382 g/mol. The van der Waals surface area contributed by atoms with Gasteiger partial charge in [-0.2, -0.15) is 0 Å². The summed E-state index contributed by atoms with van der Waals surface area (Å²) in [6, 6.07) is -1.60. The molecule has 0 spiro atoms. The van der Waals surface area contributed by atoms with Gasteiger partial charge in [0.25, 0.3) is 0 Å². The zero-order valence-electron chi connectivity index (χ0n) is 14.9. The number of carboxylic acid groups (broad SMARTS) is 3. The molecule has 1 saturated carbocycles. The van der Waals surface area contributed by atoms with Crippen LogP contribution in [0.2, 0.25) is 0 Å². The van der Waals surface area contributed by atoms with Crippen molar-refractivity contribution in [1.29, 1.82) is 0 Å². The molecule has 1 amide bonds. The first kappa shape index (κ1) is 30.6. The van der Waals surface area contributed by atoms with Crippen LogP contribution in [0, 0.1) is 0 Å². The van der Waals surface area contributed by atoms with Gasteiger partial charge in [-0.1, -0.05) is 19.3 Å². The fourth-order valence-electron chi connectivity index (χ4n) is 2.61. The predicted octanol–water partition coefficient (Wildman–Crippen LogP) is -13.6. The minimum absolute atomic E-state index is 0. The molecule has 2 N–H and O–H groups in total. The second-order valence-electron chi connectivity index (χ2n) is 5.29. The normalized spacial score (nSPS) is 16.0. The predicted molar refractivity (Wildman–Crippen MR) is 65.4 cm³/mol. The minimum Gasteiger partial charge on any atom is -0.550 e. The standard InChI is InChI=1S/C13H20N2O7.3Na/c16-9(17)6-8(11(20)21)15-13(4-2-1-3-5-13)12(22)14-7-10(18)19;;;/h8,15H,1-7H2,(H,14,22)(H,16,17)(H,18,19)(H,20,21);;;/q;3*+1/p-3/t8-;;;/m0.../s1. The van der Waals surface area contributed by atoms with Gasteiger partial charge in [0.05, 0.1) is 30.1 Å². The van der Waals surface area contributed by atoms with Gasteiger partial charge in [-0.25, -0.2) is 0 Å². The molecule has 0 aliphatic heterocycles. The number of aliphatic carboxylic acids is 3. The van der Waals surface area contributed by atoms with Crippen LogP contribution < -0.4 is 115 Å². The smallest absolute Gasteiger partial charge is 0.550 e. The second-order valence-corrected chi connectivity index (χ2v) is 5.29. The zero-order valence-corrected chi connectivity index (χ0v) is 20.9. The molecule has 12 heteroatoms. The first-order valence-electron chi connectivity index (χ1n) is 6.93. The van der Waals surface area contributed by atoms with Gasteiger partial charge in [-0.15, -0.1) is 0 Å². The van der Waals surface area contributed by atoms with E-state index in [1.54, 1.807) is 0 Å². The van der Waals surface area contributed by atoms with E-state index < -0.39 is 48.4 Å². The van der Waals surface area contributed by atoms with Crippen LogP contribution in [0.15, 0.2) is 0 Å². The van der Waals surface area contributed by atoms with E-state index in [0.29, 0.717) is 12.8 Å². The number of carbonyl (C=O) groups excluding carboxylic acids is 4. The van der Waals surface area contributed by atoms with E-state index in [4.69, 9.17) is 0 Å². The van der Waals surface area contributed by atoms with Gasteiger partial charge >= 0.3 is 88.7 Å². The van der Waals surface area contributed by atoms with Crippen LogP contribution in [-0.2, 0) is 19.2 Å². The maximum Gasteiger partial charge on any atom is 1.00 e. The molecule has 0 heterocycles. The van der Waals surface area contributed by atoms with Crippen molar-refractivity contribution in [1.82, 2.24) is 10.6 Å². The molecule has 0 saturated heterocycles. The fraction of sp³-hybridized carbons (Fsp3) is 0.692. The van der Waals surface area contributed by atoms with Crippen LogP contribution in [0.25, 0.3) is 0 Å². The molecule has 1 aliphatic rings. The Hall–Kier alpha value is 0.840. The maximum absolute atomic E-state index is 12.2. The summed E-state index contributed by atoms with van der Waals surface area (Å²) in [6.45, 7) is -0.710. The van der Waals surface area contributed by atoms with Crippen molar-refractivity contribution < 1.29 is 123 Å². The number of amides is 1. The zero-order chi connectivity index (χ0) is 16.8. The van der Waals surface area contributed by atoms with E-state index in [-0.39, 0.29) is 102 Å². The first-order valence-corrected chi connectivity index (χ1v) is 6.93. The number of carbonyl (C=O) groups is 4. The van der Waals surface area contributed by atoms with Gasteiger partial charge in [0, 0.05) is 12.4 Å². The van der Waals surface area contributed by atoms with Gasteiger partial charge in [-0.05, 0) is 12.8 Å². The summed E-state index contributed by atoms with van der Waals surface area (Å²) in [5.41, 5.74) is -1.34. The van der Waals surface area contributed by atoms with Gasteiger partial charge in [-0.3, -0.25) is 10.1 Å². The van der Waals surface area contributed by atoms with Crippen LogP contribution >= 0.6 is 0 Å². The molecule has 124 valence electrons. The molecule has 0 aromatic rings. The molecular weight excluding hydrogens is 365 g/mol. The average molecular weight is 382 g/mol. The van der Waals surface area contributed by atoms with Gasteiger partial charge < -0.3 is 35.0 Å². The molecule has 0 aromatic heterocycles. The molecule has 0 aromatic carbocycles. The number of hydrogen-bond donors (Lipinski definition) is 2. The van der Waals surface area contributed by atoms with Gasteiger partial charge in [0.15, 0.2) is 0 Å². The molecule has 9 nitrogen and oxygen atoms in total. The minimum atomic E-state index is -1.66. The maximum atomic E-state index is 12.2. The summed E-state index contributed by atoms with van der Waals surface area (Å²) in [7, 11) is 0. The third-order valence-electron chi connectivity index (χ3n) is 3.64. The number of hydrogen-bond acceptors (Lipinski definition) is 8.